The average molecular weight is 318 g/mol. The van der Waals surface area contributed by atoms with E-state index in [2.05, 4.69) is 11.6 Å². The lowest BCUT2D eigenvalue weighted by Gasteiger charge is -2.09. The molecule has 0 aliphatic rings. The van der Waals surface area contributed by atoms with Crippen molar-refractivity contribution in [2.24, 2.45) is 0 Å². The molecule has 1 aromatic heterocycles. The van der Waals surface area contributed by atoms with E-state index < -0.39 is 10.0 Å². The van der Waals surface area contributed by atoms with Gasteiger partial charge in [-0.3, -0.25) is 4.79 Å². The van der Waals surface area contributed by atoms with Crippen molar-refractivity contribution in [3.63, 3.8) is 0 Å². The van der Waals surface area contributed by atoms with Crippen LogP contribution < -0.4 is 0 Å². The van der Waals surface area contributed by atoms with Crippen LogP contribution in [-0.2, 0) is 16.4 Å². The predicted molar refractivity (Wildman–Crippen MR) is 84.5 cm³/mol. The number of allylic oxidation sites excluding steroid dienone is 1. The molecule has 0 saturated carbocycles. The van der Waals surface area contributed by atoms with Crippen molar-refractivity contribution in [1.82, 2.24) is 8.96 Å². The van der Waals surface area contributed by atoms with E-state index in [1.807, 2.05) is 6.92 Å². The minimum absolute atomic E-state index is 0.114. The number of aromatic nitrogens is 2. The predicted octanol–water partition coefficient (Wildman–Crippen LogP) is 2.75. The third kappa shape index (κ3) is 2.87. The van der Waals surface area contributed by atoms with Crippen molar-refractivity contribution in [2.75, 3.05) is 0 Å². The zero-order valence-electron chi connectivity index (χ0n) is 12.6. The first-order valence-electron chi connectivity index (χ1n) is 6.94. The van der Waals surface area contributed by atoms with Crippen LogP contribution in [0.4, 0.5) is 0 Å². The quantitative estimate of drug-likeness (QED) is 0.606. The molecule has 6 heteroatoms. The lowest BCUT2D eigenvalue weighted by Crippen LogP contribution is -2.18. The summed E-state index contributed by atoms with van der Waals surface area (Å²) in [4.78, 5) is 16.4. The van der Waals surface area contributed by atoms with E-state index in [0.29, 0.717) is 12.1 Å². The van der Waals surface area contributed by atoms with Crippen molar-refractivity contribution in [3.05, 3.63) is 60.2 Å². The van der Waals surface area contributed by atoms with Crippen LogP contribution in [0.1, 0.15) is 35.1 Å². The second-order valence-electron chi connectivity index (χ2n) is 4.92. The maximum atomic E-state index is 12.7. The van der Waals surface area contributed by atoms with Crippen molar-refractivity contribution >= 4 is 15.8 Å². The van der Waals surface area contributed by atoms with Gasteiger partial charge in [0, 0.05) is 12.8 Å². The van der Waals surface area contributed by atoms with E-state index in [1.165, 1.54) is 18.5 Å². The van der Waals surface area contributed by atoms with E-state index in [4.69, 9.17) is 0 Å². The highest BCUT2D eigenvalue weighted by molar-refractivity contribution is 7.90. The van der Waals surface area contributed by atoms with Crippen molar-refractivity contribution in [3.8, 4) is 0 Å². The summed E-state index contributed by atoms with van der Waals surface area (Å²) in [6, 6.07) is 6.49. The maximum absolute atomic E-state index is 12.7. The second kappa shape index (κ2) is 6.27. The molecule has 0 aliphatic heterocycles. The van der Waals surface area contributed by atoms with Gasteiger partial charge in [-0.25, -0.2) is 17.4 Å². The first kappa shape index (κ1) is 16.2. The highest BCUT2D eigenvalue weighted by atomic mass is 32.2. The molecule has 2 aromatic rings. The van der Waals surface area contributed by atoms with Gasteiger partial charge in [0.1, 0.15) is 12.0 Å². The summed E-state index contributed by atoms with van der Waals surface area (Å²) >= 11 is 0. The Kier molecular flexibility index (Phi) is 4.61. The van der Waals surface area contributed by atoms with Crippen molar-refractivity contribution in [1.29, 1.82) is 0 Å². The molecule has 0 atom stereocenters. The Balaban J connectivity index is 2.62. The lowest BCUT2D eigenvalue weighted by molar-refractivity contribution is 0.0981. The van der Waals surface area contributed by atoms with Crippen molar-refractivity contribution < 1.29 is 13.2 Å². The van der Waals surface area contributed by atoms with Gasteiger partial charge in [-0.15, -0.1) is 6.58 Å². The fraction of sp³-hybridized carbons (Fsp3) is 0.250. The van der Waals surface area contributed by atoms with Gasteiger partial charge < -0.3 is 0 Å². The molecule has 0 bridgehead atoms. The number of aryl methyl sites for hydroxylation is 1. The van der Waals surface area contributed by atoms with Crippen LogP contribution in [0.25, 0.3) is 0 Å². The number of imidazole rings is 1. The number of nitrogens with zero attached hydrogens (tertiary/aromatic N) is 2. The molecule has 0 aliphatic carbocycles. The van der Waals surface area contributed by atoms with E-state index >= 15 is 0 Å². The second-order valence-corrected chi connectivity index (χ2v) is 6.74. The zero-order valence-corrected chi connectivity index (χ0v) is 13.4. The molecule has 0 fully saturated rings. The normalized spacial score (nSPS) is 11.4. The number of hydrogen-bond donors (Lipinski definition) is 0. The molecule has 1 aromatic carbocycles. The summed E-state index contributed by atoms with van der Waals surface area (Å²) in [5.41, 5.74) is 1.50. The summed E-state index contributed by atoms with van der Waals surface area (Å²) in [6.45, 7) is 7.18. The van der Waals surface area contributed by atoms with Crippen LogP contribution in [0.2, 0.25) is 0 Å². The number of rotatable bonds is 6. The maximum Gasteiger partial charge on any atom is 0.269 e. The number of Topliss-reactive ketones (excluding diaryl/α,β-unsaturated/α-hetero) is 1. The van der Waals surface area contributed by atoms with Gasteiger partial charge in [0.25, 0.3) is 10.0 Å². The summed E-state index contributed by atoms with van der Waals surface area (Å²) in [5, 5.41) is 0. The van der Waals surface area contributed by atoms with E-state index in [9.17, 15) is 13.2 Å². The van der Waals surface area contributed by atoms with Gasteiger partial charge in [-0.2, -0.15) is 0 Å². The number of hydrogen-bond acceptors (Lipinski definition) is 4. The Morgan fingerprint density at radius 2 is 1.95 bits per heavy atom. The van der Waals surface area contributed by atoms with Gasteiger partial charge in [-0.1, -0.05) is 30.7 Å². The van der Waals surface area contributed by atoms with Gasteiger partial charge in [0.15, 0.2) is 5.78 Å². The minimum atomic E-state index is -3.84. The molecule has 1 heterocycles. The number of benzene rings is 1. The Bertz CT molecular complexity index is 802. The highest BCUT2D eigenvalue weighted by Crippen LogP contribution is 2.20. The largest absolute Gasteiger partial charge is 0.292 e. The van der Waals surface area contributed by atoms with Crippen LogP contribution >= 0.6 is 0 Å². The topological polar surface area (TPSA) is 69.0 Å². The summed E-state index contributed by atoms with van der Waals surface area (Å²) in [5.74, 6) is -0.259. The SMILES string of the molecule is C=CCc1ncn(S(=O)(=O)c2ccc(C)cc2)c1C(=O)CC. The highest BCUT2D eigenvalue weighted by Gasteiger charge is 2.25. The molecule has 116 valence electrons. The molecule has 2 rings (SSSR count). The summed E-state index contributed by atoms with van der Waals surface area (Å²) < 4.78 is 26.5. The smallest absolute Gasteiger partial charge is 0.269 e. The van der Waals surface area contributed by atoms with E-state index in [1.54, 1.807) is 25.1 Å². The average Bonchev–Trinajstić information content (AvgIpc) is 2.92. The first-order valence-corrected chi connectivity index (χ1v) is 8.38. The van der Waals surface area contributed by atoms with E-state index in [-0.39, 0.29) is 22.8 Å². The van der Waals surface area contributed by atoms with Crippen LogP contribution in [0.5, 0.6) is 0 Å². The molecule has 0 N–H and O–H groups in total. The molecule has 0 amide bonds. The summed E-state index contributed by atoms with van der Waals surface area (Å²) in [7, 11) is -3.84. The first-order chi connectivity index (χ1) is 10.4. The minimum Gasteiger partial charge on any atom is -0.292 e. The van der Waals surface area contributed by atoms with Crippen LogP contribution in [0.3, 0.4) is 0 Å². The monoisotopic (exact) mass is 318 g/mol. The standard InChI is InChI=1S/C16H18N2O3S/c1-4-6-14-16(15(19)5-2)18(11-17-14)22(20,21)13-9-7-12(3)8-10-13/h4,7-11H,1,5-6H2,2-3H3. The molecule has 22 heavy (non-hydrogen) atoms. The Hall–Kier alpha value is -2.21. The Morgan fingerprint density at radius 1 is 1.32 bits per heavy atom. The lowest BCUT2D eigenvalue weighted by atomic mass is 10.1. The Labute approximate surface area is 130 Å². The van der Waals surface area contributed by atoms with Gasteiger partial charge in [0.05, 0.1) is 10.6 Å². The molecule has 5 nitrogen and oxygen atoms in total. The molecule has 0 saturated heterocycles. The zero-order chi connectivity index (χ0) is 16.3. The molecular weight excluding hydrogens is 300 g/mol. The van der Waals surface area contributed by atoms with Gasteiger partial charge >= 0.3 is 0 Å². The fourth-order valence-electron chi connectivity index (χ4n) is 2.11. The fourth-order valence-corrected chi connectivity index (χ4v) is 3.44. The van der Waals surface area contributed by atoms with Crippen LogP contribution in [0.15, 0.2) is 48.1 Å². The molecule has 0 unspecified atom stereocenters. The number of carbonyl (C=O) groups is 1. The summed E-state index contributed by atoms with van der Waals surface area (Å²) in [6.07, 6.45) is 3.34. The van der Waals surface area contributed by atoms with Gasteiger partial charge in [-0.05, 0) is 19.1 Å². The van der Waals surface area contributed by atoms with Crippen LogP contribution in [-0.4, -0.2) is 23.2 Å². The third-order valence-electron chi connectivity index (χ3n) is 3.31. The molecule has 0 radical (unpaired) electrons. The van der Waals surface area contributed by atoms with Crippen LogP contribution in [0, 0.1) is 6.92 Å². The van der Waals surface area contributed by atoms with Crippen molar-refractivity contribution in [2.45, 2.75) is 31.6 Å². The molecular formula is C16H18N2O3S. The molecule has 0 spiro atoms. The number of carbonyl (C=O) groups excluding carboxylic acids is 1. The number of ketones is 1. The van der Waals surface area contributed by atoms with E-state index in [0.717, 1.165) is 9.54 Å². The van der Waals surface area contributed by atoms with Gasteiger partial charge in [0.2, 0.25) is 0 Å². The third-order valence-corrected chi connectivity index (χ3v) is 4.98. The Morgan fingerprint density at radius 3 is 2.50 bits per heavy atom.